The van der Waals surface area contributed by atoms with Crippen molar-refractivity contribution in [3.8, 4) is 0 Å². The molecule has 2 N–H and O–H groups in total. The Morgan fingerprint density at radius 1 is 1.07 bits per heavy atom. The molecule has 1 saturated carbocycles. The number of aliphatic imine (C=N–C) groups is 1. The zero-order valence-electron chi connectivity index (χ0n) is 16.4. The van der Waals surface area contributed by atoms with Crippen molar-refractivity contribution in [2.75, 3.05) is 20.1 Å². The summed E-state index contributed by atoms with van der Waals surface area (Å²) in [6, 6.07) is 16.8. The molecule has 0 unspecified atom stereocenters. The van der Waals surface area contributed by atoms with Gasteiger partial charge in [0, 0.05) is 38.2 Å². The van der Waals surface area contributed by atoms with E-state index in [9.17, 15) is 0 Å². The zero-order valence-corrected chi connectivity index (χ0v) is 16.4. The molecule has 0 atom stereocenters. The topological polar surface area (TPSA) is 66.6 Å². The normalized spacial score (nSPS) is 16.0. The standard InChI is InChI=1S/C22H28N6/c1-23-21(25-17-22(13-8-14-22)18-9-3-2-4-10-18)24-15-7-12-20-27-26-19-11-5-6-16-28(19)20/h2-6,9-11,16H,7-8,12-15,17H2,1H3,(H2,23,24,25). The Hall–Kier alpha value is -2.89. The van der Waals surface area contributed by atoms with Crippen LogP contribution in [-0.2, 0) is 11.8 Å². The van der Waals surface area contributed by atoms with Crippen LogP contribution in [0.5, 0.6) is 0 Å². The molecule has 0 saturated heterocycles. The molecule has 0 radical (unpaired) electrons. The van der Waals surface area contributed by atoms with Gasteiger partial charge in [-0.15, -0.1) is 10.2 Å². The number of aryl methyl sites for hydroxylation is 1. The van der Waals surface area contributed by atoms with Crippen LogP contribution in [0.1, 0.15) is 37.1 Å². The molecule has 0 amide bonds. The first kappa shape index (κ1) is 18.5. The molecule has 6 nitrogen and oxygen atoms in total. The maximum Gasteiger partial charge on any atom is 0.191 e. The minimum atomic E-state index is 0.249. The highest BCUT2D eigenvalue weighted by Gasteiger charge is 2.38. The van der Waals surface area contributed by atoms with Crippen molar-refractivity contribution in [2.45, 2.75) is 37.5 Å². The lowest BCUT2D eigenvalue weighted by atomic mass is 9.64. The Kier molecular flexibility index (Phi) is 5.55. The van der Waals surface area contributed by atoms with Crippen LogP contribution in [0.4, 0.5) is 0 Å². The van der Waals surface area contributed by atoms with Gasteiger partial charge in [0.25, 0.3) is 0 Å². The first-order valence-electron chi connectivity index (χ1n) is 10.1. The number of guanidine groups is 1. The van der Waals surface area contributed by atoms with E-state index in [0.29, 0.717) is 0 Å². The quantitative estimate of drug-likeness (QED) is 0.378. The maximum absolute atomic E-state index is 4.39. The number of nitrogens with zero attached hydrogens (tertiary/aromatic N) is 4. The fraction of sp³-hybridized carbons (Fsp3) is 0.409. The van der Waals surface area contributed by atoms with Crippen LogP contribution in [-0.4, -0.2) is 40.7 Å². The molecule has 2 aromatic heterocycles. The van der Waals surface area contributed by atoms with E-state index in [2.05, 4.69) is 56.2 Å². The molecule has 0 aliphatic heterocycles. The van der Waals surface area contributed by atoms with Crippen molar-refractivity contribution >= 4 is 11.6 Å². The molecule has 3 aromatic rings. The van der Waals surface area contributed by atoms with Crippen LogP contribution < -0.4 is 10.6 Å². The van der Waals surface area contributed by atoms with Gasteiger partial charge < -0.3 is 10.6 Å². The molecule has 0 spiro atoms. The second-order valence-corrected chi connectivity index (χ2v) is 7.50. The summed E-state index contributed by atoms with van der Waals surface area (Å²) in [5, 5.41) is 15.5. The van der Waals surface area contributed by atoms with E-state index in [4.69, 9.17) is 0 Å². The van der Waals surface area contributed by atoms with Crippen LogP contribution in [0.25, 0.3) is 5.65 Å². The molecular formula is C22H28N6. The lowest BCUT2D eigenvalue weighted by molar-refractivity contribution is 0.244. The summed E-state index contributed by atoms with van der Waals surface area (Å²) in [5.74, 6) is 1.87. The number of fused-ring (bicyclic) bond motifs is 1. The summed E-state index contributed by atoms with van der Waals surface area (Å²) in [6.45, 7) is 1.77. The lowest BCUT2D eigenvalue weighted by Gasteiger charge is -2.43. The second kappa shape index (κ2) is 8.42. The van der Waals surface area contributed by atoms with E-state index < -0.39 is 0 Å². The Balaban J connectivity index is 1.26. The van der Waals surface area contributed by atoms with Crippen LogP contribution >= 0.6 is 0 Å². The summed E-state index contributed by atoms with van der Waals surface area (Å²) >= 11 is 0. The molecule has 1 aliphatic carbocycles. The van der Waals surface area contributed by atoms with Crippen molar-refractivity contribution in [1.82, 2.24) is 25.2 Å². The fourth-order valence-corrected chi connectivity index (χ4v) is 3.95. The van der Waals surface area contributed by atoms with Gasteiger partial charge in [-0.3, -0.25) is 9.39 Å². The predicted molar refractivity (Wildman–Crippen MR) is 113 cm³/mol. The fourth-order valence-electron chi connectivity index (χ4n) is 3.95. The van der Waals surface area contributed by atoms with Gasteiger partial charge in [-0.1, -0.05) is 42.8 Å². The Bertz CT molecular complexity index is 926. The van der Waals surface area contributed by atoms with Crippen molar-refractivity contribution in [2.24, 2.45) is 4.99 Å². The first-order chi connectivity index (χ1) is 13.8. The average molecular weight is 377 g/mol. The number of hydrogen-bond donors (Lipinski definition) is 2. The van der Waals surface area contributed by atoms with Crippen molar-refractivity contribution in [3.05, 3.63) is 66.1 Å². The van der Waals surface area contributed by atoms with Crippen LogP contribution in [0.3, 0.4) is 0 Å². The van der Waals surface area contributed by atoms with E-state index in [1.54, 1.807) is 0 Å². The molecule has 2 heterocycles. The van der Waals surface area contributed by atoms with Crippen molar-refractivity contribution in [1.29, 1.82) is 0 Å². The molecule has 1 aliphatic rings. The van der Waals surface area contributed by atoms with Crippen LogP contribution in [0.2, 0.25) is 0 Å². The van der Waals surface area contributed by atoms with E-state index in [0.717, 1.165) is 43.4 Å². The van der Waals surface area contributed by atoms with Gasteiger partial charge in [0.15, 0.2) is 11.6 Å². The van der Waals surface area contributed by atoms with Gasteiger partial charge in [0.2, 0.25) is 0 Å². The molecular weight excluding hydrogens is 348 g/mol. The summed E-state index contributed by atoms with van der Waals surface area (Å²) in [4.78, 5) is 4.39. The van der Waals surface area contributed by atoms with Gasteiger partial charge in [-0.25, -0.2) is 0 Å². The highest BCUT2D eigenvalue weighted by molar-refractivity contribution is 5.79. The molecule has 6 heteroatoms. The number of hydrogen-bond acceptors (Lipinski definition) is 3. The van der Waals surface area contributed by atoms with Gasteiger partial charge in [-0.05, 0) is 37.0 Å². The van der Waals surface area contributed by atoms with Crippen molar-refractivity contribution in [3.63, 3.8) is 0 Å². The highest BCUT2D eigenvalue weighted by atomic mass is 15.2. The van der Waals surface area contributed by atoms with Gasteiger partial charge in [-0.2, -0.15) is 0 Å². The third kappa shape index (κ3) is 3.86. The molecule has 1 fully saturated rings. The average Bonchev–Trinajstić information content (AvgIpc) is 3.12. The first-order valence-corrected chi connectivity index (χ1v) is 10.1. The van der Waals surface area contributed by atoms with E-state index in [1.165, 1.54) is 24.8 Å². The zero-order chi connectivity index (χ0) is 19.2. The molecule has 1 aromatic carbocycles. The van der Waals surface area contributed by atoms with Gasteiger partial charge in [0.05, 0.1) is 0 Å². The Morgan fingerprint density at radius 3 is 2.64 bits per heavy atom. The lowest BCUT2D eigenvalue weighted by Crippen LogP contribution is -2.49. The largest absolute Gasteiger partial charge is 0.356 e. The highest BCUT2D eigenvalue weighted by Crippen LogP contribution is 2.43. The molecule has 146 valence electrons. The third-order valence-electron chi connectivity index (χ3n) is 5.77. The summed E-state index contributed by atoms with van der Waals surface area (Å²) in [7, 11) is 1.83. The van der Waals surface area contributed by atoms with Crippen LogP contribution in [0.15, 0.2) is 59.7 Å². The Labute approximate surface area is 166 Å². The van der Waals surface area contributed by atoms with E-state index in [1.807, 2.05) is 35.8 Å². The molecule has 28 heavy (non-hydrogen) atoms. The predicted octanol–water partition coefficient (Wildman–Crippen LogP) is 2.95. The number of benzene rings is 1. The molecule has 0 bridgehead atoms. The van der Waals surface area contributed by atoms with E-state index >= 15 is 0 Å². The summed E-state index contributed by atoms with van der Waals surface area (Å²) < 4.78 is 2.05. The number of pyridine rings is 1. The monoisotopic (exact) mass is 376 g/mol. The van der Waals surface area contributed by atoms with Crippen LogP contribution in [0, 0.1) is 0 Å². The number of aromatic nitrogens is 3. The summed E-state index contributed by atoms with van der Waals surface area (Å²) in [6.07, 6.45) is 7.64. The minimum Gasteiger partial charge on any atom is -0.356 e. The van der Waals surface area contributed by atoms with Gasteiger partial charge in [0.1, 0.15) is 5.82 Å². The smallest absolute Gasteiger partial charge is 0.191 e. The Morgan fingerprint density at radius 2 is 1.89 bits per heavy atom. The van der Waals surface area contributed by atoms with E-state index in [-0.39, 0.29) is 5.41 Å². The SMILES string of the molecule is CN=C(NCCCc1nnc2ccccn12)NCC1(c2ccccc2)CCC1. The minimum absolute atomic E-state index is 0.249. The second-order valence-electron chi connectivity index (χ2n) is 7.50. The molecule has 4 rings (SSSR count). The number of rotatable bonds is 7. The number of nitrogens with one attached hydrogen (secondary N) is 2. The maximum atomic E-state index is 4.39. The third-order valence-corrected chi connectivity index (χ3v) is 5.77. The summed E-state index contributed by atoms with van der Waals surface area (Å²) in [5.41, 5.74) is 2.58. The van der Waals surface area contributed by atoms with Gasteiger partial charge >= 0.3 is 0 Å². The van der Waals surface area contributed by atoms with Crippen molar-refractivity contribution < 1.29 is 0 Å².